The maximum atomic E-state index is 13.1. The van der Waals surface area contributed by atoms with Crippen LogP contribution in [0.3, 0.4) is 0 Å². The molecular weight excluding hydrogens is 141 g/mol. The second-order valence-electron chi connectivity index (χ2n) is 3.81. The minimum atomic E-state index is -0.759. The van der Waals surface area contributed by atoms with E-state index in [0.29, 0.717) is 12.3 Å². The molecule has 1 aliphatic rings. The highest BCUT2D eigenvalue weighted by molar-refractivity contribution is 4.76. The van der Waals surface area contributed by atoms with Gasteiger partial charge in [0.25, 0.3) is 0 Å². The van der Waals surface area contributed by atoms with Crippen molar-refractivity contribution in [1.82, 2.24) is 0 Å². The van der Waals surface area contributed by atoms with Crippen molar-refractivity contribution in [2.24, 2.45) is 11.7 Å². The van der Waals surface area contributed by atoms with E-state index >= 15 is 0 Å². The summed E-state index contributed by atoms with van der Waals surface area (Å²) in [5.41, 5.74) is 5.63. The summed E-state index contributed by atoms with van der Waals surface area (Å²) in [6.45, 7) is 2.12. The van der Waals surface area contributed by atoms with Crippen LogP contribution in [0.1, 0.15) is 39.0 Å². The SMILES string of the molecule is CC1CCCCC(N)C(F)C1. The molecule has 0 amide bonds. The molecule has 66 valence electrons. The van der Waals surface area contributed by atoms with E-state index in [1.165, 1.54) is 12.8 Å². The van der Waals surface area contributed by atoms with Gasteiger partial charge in [-0.2, -0.15) is 0 Å². The first-order chi connectivity index (χ1) is 5.20. The molecule has 0 bridgehead atoms. The number of hydrogen-bond acceptors (Lipinski definition) is 1. The Balaban J connectivity index is 2.38. The minimum Gasteiger partial charge on any atom is -0.325 e. The first kappa shape index (κ1) is 8.98. The fourth-order valence-corrected chi connectivity index (χ4v) is 1.73. The topological polar surface area (TPSA) is 26.0 Å². The van der Waals surface area contributed by atoms with E-state index in [2.05, 4.69) is 6.92 Å². The zero-order valence-electron chi connectivity index (χ0n) is 7.22. The van der Waals surface area contributed by atoms with Gasteiger partial charge < -0.3 is 5.73 Å². The molecule has 0 radical (unpaired) electrons. The molecule has 0 spiro atoms. The van der Waals surface area contributed by atoms with Crippen LogP contribution in [0.25, 0.3) is 0 Å². The van der Waals surface area contributed by atoms with Crippen LogP contribution in [0.2, 0.25) is 0 Å². The molecule has 2 N–H and O–H groups in total. The molecule has 0 heterocycles. The maximum Gasteiger partial charge on any atom is 0.115 e. The Labute approximate surface area is 68.2 Å². The fourth-order valence-electron chi connectivity index (χ4n) is 1.73. The number of rotatable bonds is 0. The average molecular weight is 159 g/mol. The van der Waals surface area contributed by atoms with E-state index < -0.39 is 6.17 Å². The Bertz CT molecular complexity index is 116. The van der Waals surface area contributed by atoms with Gasteiger partial charge in [-0.25, -0.2) is 4.39 Å². The van der Waals surface area contributed by atoms with E-state index in [0.717, 1.165) is 12.8 Å². The fraction of sp³-hybridized carbons (Fsp3) is 1.00. The average Bonchev–Trinajstić information content (AvgIpc) is 1.95. The summed E-state index contributed by atoms with van der Waals surface area (Å²) in [7, 11) is 0. The van der Waals surface area contributed by atoms with Gasteiger partial charge in [0.1, 0.15) is 6.17 Å². The van der Waals surface area contributed by atoms with Crippen molar-refractivity contribution < 1.29 is 4.39 Å². The lowest BCUT2D eigenvalue weighted by Gasteiger charge is -2.23. The smallest absolute Gasteiger partial charge is 0.115 e. The van der Waals surface area contributed by atoms with Crippen molar-refractivity contribution in [1.29, 1.82) is 0 Å². The predicted molar refractivity (Wildman–Crippen MR) is 45.1 cm³/mol. The van der Waals surface area contributed by atoms with E-state index in [1.807, 2.05) is 0 Å². The molecule has 11 heavy (non-hydrogen) atoms. The Morgan fingerprint density at radius 3 is 2.64 bits per heavy atom. The lowest BCUT2D eigenvalue weighted by molar-refractivity contribution is 0.205. The van der Waals surface area contributed by atoms with Crippen molar-refractivity contribution >= 4 is 0 Å². The van der Waals surface area contributed by atoms with Crippen molar-refractivity contribution in [2.75, 3.05) is 0 Å². The summed E-state index contributed by atoms with van der Waals surface area (Å²) in [5.74, 6) is 0.524. The predicted octanol–water partition coefficient (Wildman–Crippen LogP) is 2.25. The van der Waals surface area contributed by atoms with Crippen LogP contribution in [0.5, 0.6) is 0 Å². The largest absolute Gasteiger partial charge is 0.325 e. The third-order valence-electron chi connectivity index (χ3n) is 2.58. The van der Waals surface area contributed by atoms with Gasteiger partial charge in [-0.3, -0.25) is 0 Å². The molecule has 3 unspecified atom stereocenters. The summed E-state index contributed by atoms with van der Waals surface area (Å²) in [6, 6.07) is -0.197. The number of hydrogen-bond donors (Lipinski definition) is 1. The van der Waals surface area contributed by atoms with Crippen molar-refractivity contribution in [3.8, 4) is 0 Å². The molecule has 1 rings (SSSR count). The lowest BCUT2D eigenvalue weighted by atomic mass is 9.89. The zero-order valence-corrected chi connectivity index (χ0v) is 7.22. The second kappa shape index (κ2) is 4.05. The number of halogens is 1. The summed E-state index contributed by atoms with van der Waals surface area (Å²) < 4.78 is 13.1. The summed E-state index contributed by atoms with van der Waals surface area (Å²) in [5, 5.41) is 0. The summed E-state index contributed by atoms with van der Waals surface area (Å²) >= 11 is 0. The van der Waals surface area contributed by atoms with Crippen LogP contribution in [0.15, 0.2) is 0 Å². The third-order valence-corrected chi connectivity index (χ3v) is 2.58. The van der Waals surface area contributed by atoms with Crippen LogP contribution in [-0.4, -0.2) is 12.2 Å². The number of alkyl halides is 1. The molecule has 1 aliphatic carbocycles. The highest BCUT2D eigenvalue weighted by Gasteiger charge is 2.21. The molecule has 1 saturated carbocycles. The first-order valence-electron chi connectivity index (χ1n) is 4.60. The molecule has 1 nitrogen and oxygen atoms in total. The summed E-state index contributed by atoms with van der Waals surface area (Å²) in [4.78, 5) is 0. The molecule has 0 aliphatic heterocycles. The van der Waals surface area contributed by atoms with Crippen LogP contribution in [0.4, 0.5) is 4.39 Å². The molecule has 2 heteroatoms. The van der Waals surface area contributed by atoms with E-state index in [9.17, 15) is 4.39 Å². The molecule has 1 fully saturated rings. The van der Waals surface area contributed by atoms with Gasteiger partial charge in [-0.15, -0.1) is 0 Å². The summed E-state index contributed by atoms with van der Waals surface area (Å²) in [6.07, 6.45) is 4.28. The third kappa shape index (κ3) is 2.78. The molecule has 0 aromatic rings. The highest BCUT2D eigenvalue weighted by atomic mass is 19.1. The van der Waals surface area contributed by atoms with Crippen molar-refractivity contribution in [2.45, 2.75) is 51.2 Å². The molecule has 0 aromatic carbocycles. The quantitative estimate of drug-likeness (QED) is 0.576. The molecule has 3 atom stereocenters. The Hall–Kier alpha value is -0.110. The Morgan fingerprint density at radius 2 is 1.91 bits per heavy atom. The molecule has 0 saturated heterocycles. The zero-order chi connectivity index (χ0) is 8.27. The molecular formula is C9H18FN. The van der Waals surface area contributed by atoms with Crippen LogP contribution >= 0.6 is 0 Å². The minimum absolute atomic E-state index is 0.197. The van der Waals surface area contributed by atoms with Crippen LogP contribution in [0, 0.1) is 5.92 Å². The van der Waals surface area contributed by atoms with Gasteiger partial charge in [0.2, 0.25) is 0 Å². The van der Waals surface area contributed by atoms with E-state index in [4.69, 9.17) is 5.73 Å². The van der Waals surface area contributed by atoms with Crippen LogP contribution in [-0.2, 0) is 0 Å². The van der Waals surface area contributed by atoms with Gasteiger partial charge in [0.15, 0.2) is 0 Å². The Morgan fingerprint density at radius 1 is 1.27 bits per heavy atom. The maximum absolute atomic E-state index is 13.1. The van der Waals surface area contributed by atoms with Crippen molar-refractivity contribution in [3.05, 3.63) is 0 Å². The Kier molecular flexibility index (Phi) is 3.31. The lowest BCUT2D eigenvalue weighted by Crippen LogP contribution is -2.33. The normalized spacial score (nSPS) is 41.2. The highest BCUT2D eigenvalue weighted by Crippen LogP contribution is 2.23. The van der Waals surface area contributed by atoms with Gasteiger partial charge in [-0.05, 0) is 18.8 Å². The number of nitrogens with two attached hydrogens (primary N) is 1. The standard InChI is InChI=1S/C9H18FN/c1-7-4-2-3-5-9(11)8(10)6-7/h7-9H,2-6,11H2,1H3. The first-order valence-corrected chi connectivity index (χ1v) is 4.60. The second-order valence-corrected chi connectivity index (χ2v) is 3.81. The monoisotopic (exact) mass is 159 g/mol. The van der Waals surface area contributed by atoms with Gasteiger partial charge in [-0.1, -0.05) is 26.2 Å². The van der Waals surface area contributed by atoms with Crippen LogP contribution < -0.4 is 5.73 Å². The van der Waals surface area contributed by atoms with Gasteiger partial charge in [0.05, 0.1) is 0 Å². The van der Waals surface area contributed by atoms with E-state index in [1.54, 1.807) is 0 Å². The van der Waals surface area contributed by atoms with Gasteiger partial charge >= 0.3 is 0 Å². The van der Waals surface area contributed by atoms with Gasteiger partial charge in [0, 0.05) is 6.04 Å². The van der Waals surface area contributed by atoms with Crippen molar-refractivity contribution in [3.63, 3.8) is 0 Å². The molecule has 0 aromatic heterocycles. The van der Waals surface area contributed by atoms with E-state index in [-0.39, 0.29) is 6.04 Å².